The fourth-order valence-electron chi connectivity index (χ4n) is 2.78. The van der Waals surface area contributed by atoms with E-state index in [-0.39, 0.29) is 36.6 Å². The van der Waals surface area contributed by atoms with Gasteiger partial charge in [0.1, 0.15) is 12.4 Å². The van der Waals surface area contributed by atoms with Crippen molar-refractivity contribution in [2.24, 2.45) is 5.92 Å². The number of thioether (sulfide) groups is 1. The van der Waals surface area contributed by atoms with Crippen LogP contribution in [0.15, 0.2) is 33.7 Å². The molecule has 0 saturated heterocycles. The lowest BCUT2D eigenvalue weighted by Crippen LogP contribution is -2.35. The average Bonchev–Trinajstić information content (AvgIpc) is 3.46. The van der Waals surface area contributed by atoms with E-state index in [1.165, 1.54) is 37.6 Å². The first-order valence-electron chi connectivity index (χ1n) is 10.6. The minimum atomic E-state index is -0.892. The summed E-state index contributed by atoms with van der Waals surface area (Å²) in [6, 6.07) is 6.40. The van der Waals surface area contributed by atoms with Crippen LogP contribution >= 0.6 is 11.8 Å². The third-order valence-electron chi connectivity index (χ3n) is 4.60. The first-order valence-corrected chi connectivity index (χ1v) is 11.6. The van der Waals surface area contributed by atoms with E-state index in [0.717, 1.165) is 0 Å². The molecule has 1 aliphatic carbocycles. The Hall–Kier alpha value is -3.21. The molecule has 2 aromatic rings. The Morgan fingerprint density at radius 2 is 2.06 bits per heavy atom. The maximum atomic E-state index is 12.7. The molecule has 1 saturated carbocycles. The molecule has 0 bridgehead atoms. The van der Waals surface area contributed by atoms with E-state index in [2.05, 4.69) is 15.8 Å². The molecule has 1 aromatic heterocycles. The SMILES string of the molecule is CC(=O)N[C@@H](C)COc1cc(C(=O)Nc2ccc(OCC3CC3)cc2SCCC(=O)O)on1. The van der Waals surface area contributed by atoms with Gasteiger partial charge in [-0.1, -0.05) is 0 Å². The van der Waals surface area contributed by atoms with E-state index < -0.39 is 11.9 Å². The van der Waals surface area contributed by atoms with E-state index >= 15 is 0 Å². The largest absolute Gasteiger partial charge is 0.493 e. The molecular weight excluding hydrogens is 450 g/mol. The number of hydrogen-bond acceptors (Lipinski definition) is 8. The Kier molecular flexibility index (Phi) is 8.58. The Labute approximate surface area is 195 Å². The molecule has 1 heterocycles. The number of carbonyl (C=O) groups is 3. The molecule has 1 atom stereocenters. The molecule has 11 heteroatoms. The Bertz CT molecular complexity index is 990. The summed E-state index contributed by atoms with van der Waals surface area (Å²) in [6.45, 7) is 4.00. The Morgan fingerprint density at radius 3 is 2.76 bits per heavy atom. The van der Waals surface area contributed by atoms with Gasteiger partial charge in [-0.2, -0.15) is 0 Å². The molecule has 3 N–H and O–H groups in total. The van der Waals surface area contributed by atoms with Gasteiger partial charge in [-0.25, -0.2) is 0 Å². The second-order valence-electron chi connectivity index (χ2n) is 7.80. The summed E-state index contributed by atoms with van der Waals surface area (Å²) < 4.78 is 16.3. The molecular formula is C22H27N3O7S. The molecule has 33 heavy (non-hydrogen) atoms. The van der Waals surface area contributed by atoms with Crippen LogP contribution in [0.5, 0.6) is 11.6 Å². The van der Waals surface area contributed by atoms with Crippen molar-refractivity contribution in [3.63, 3.8) is 0 Å². The normalized spacial score (nSPS) is 13.8. The number of aromatic nitrogens is 1. The van der Waals surface area contributed by atoms with Crippen molar-refractivity contribution in [1.82, 2.24) is 10.5 Å². The van der Waals surface area contributed by atoms with Crippen LogP contribution in [-0.4, -0.2) is 53.1 Å². The zero-order valence-electron chi connectivity index (χ0n) is 18.5. The van der Waals surface area contributed by atoms with Crippen molar-refractivity contribution >= 4 is 35.2 Å². The van der Waals surface area contributed by atoms with Crippen molar-refractivity contribution < 1.29 is 33.5 Å². The fourth-order valence-corrected chi connectivity index (χ4v) is 3.75. The molecule has 0 aliphatic heterocycles. The van der Waals surface area contributed by atoms with Crippen LogP contribution in [0.25, 0.3) is 0 Å². The Balaban J connectivity index is 1.62. The van der Waals surface area contributed by atoms with Gasteiger partial charge in [-0.05, 0) is 49.0 Å². The highest BCUT2D eigenvalue weighted by Gasteiger charge is 2.22. The molecule has 2 amide bonds. The predicted octanol–water partition coefficient (Wildman–Crippen LogP) is 3.19. The number of anilines is 1. The number of ether oxygens (including phenoxy) is 2. The lowest BCUT2D eigenvalue weighted by atomic mass is 10.3. The highest BCUT2D eigenvalue weighted by Crippen LogP contribution is 2.34. The standard InChI is InChI=1S/C22H27N3O7S/c1-13(23-14(2)26)11-31-20-10-18(32-25-20)22(29)24-17-6-5-16(30-12-15-3-4-15)9-19(17)33-8-7-21(27)28/h5-6,9-10,13,15H,3-4,7-8,11-12H2,1-2H3,(H,23,26)(H,24,29)(H,27,28)/t13-/m0/s1. The summed E-state index contributed by atoms with van der Waals surface area (Å²) in [5, 5.41) is 18.1. The third kappa shape index (κ3) is 8.33. The molecule has 10 nitrogen and oxygen atoms in total. The minimum absolute atomic E-state index is 0.00901. The zero-order chi connectivity index (χ0) is 23.8. The van der Waals surface area contributed by atoms with Crippen molar-refractivity contribution in [3.05, 3.63) is 30.0 Å². The minimum Gasteiger partial charge on any atom is -0.493 e. The number of rotatable bonds is 13. The molecule has 178 valence electrons. The molecule has 0 radical (unpaired) electrons. The highest BCUT2D eigenvalue weighted by molar-refractivity contribution is 7.99. The maximum Gasteiger partial charge on any atom is 0.304 e. The lowest BCUT2D eigenvalue weighted by Gasteiger charge is -2.12. The van der Waals surface area contributed by atoms with E-state index in [1.807, 2.05) is 0 Å². The third-order valence-corrected chi connectivity index (χ3v) is 5.66. The number of hydrogen-bond donors (Lipinski definition) is 3. The van der Waals surface area contributed by atoms with Crippen LogP contribution in [0.1, 0.15) is 43.7 Å². The van der Waals surface area contributed by atoms with Crippen LogP contribution in [0, 0.1) is 5.92 Å². The molecule has 1 fully saturated rings. The summed E-state index contributed by atoms with van der Waals surface area (Å²) in [7, 11) is 0. The van der Waals surface area contributed by atoms with E-state index in [1.54, 1.807) is 25.1 Å². The predicted molar refractivity (Wildman–Crippen MR) is 121 cm³/mol. The Morgan fingerprint density at radius 1 is 1.27 bits per heavy atom. The fraction of sp³-hybridized carbons (Fsp3) is 0.455. The monoisotopic (exact) mass is 477 g/mol. The highest BCUT2D eigenvalue weighted by atomic mass is 32.2. The first-order chi connectivity index (χ1) is 15.8. The van der Waals surface area contributed by atoms with Crippen molar-refractivity contribution in [1.29, 1.82) is 0 Å². The molecule has 0 unspecified atom stereocenters. The summed E-state index contributed by atoms with van der Waals surface area (Å²) in [4.78, 5) is 35.3. The van der Waals surface area contributed by atoms with E-state index in [0.29, 0.717) is 34.6 Å². The number of carbonyl (C=O) groups excluding carboxylic acids is 2. The number of aliphatic carboxylic acids is 1. The van der Waals surface area contributed by atoms with Gasteiger partial charge < -0.3 is 29.7 Å². The number of benzene rings is 1. The second kappa shape index (κ2) is 11.6. The zero-order valence-corrected chi connectivity index (χ0v) is 19.3. The van der Waals surface area contributed by atoms with Gasteiger partial charge >= 0.3 is 5.97 Å². The summed E-state index contributed by atoms with van der Waals surface area (Å²) in [6.07, 6.45) is 2.33. The number of amides is 2. The average molecular weight is 478 g/mol. The second-order valence-corrected chi connectivity index (χ2v) is 8.94. The van der Waals surface area contributed by atoms with Crippen molar-refractivity contribution in [2.75, 3.05) is 24.3 Å². The van der Waals surface area contributed by atoms with Gasteiger partial charge in [0, 0.05) is 17.6 Å². The number of carboxylic acid groups (broad SMARTS) is 1. The van der Waals surface area contributed by atoms with Gasteiger partial charge in [0.2, 0.25) is 11.7 Å². The van der Waals surface area contributed by atoms with Crippen LogP contribution in [0.3, 0.4) is 0 Å². The van der Waals surface area contributed by atoms with Crippen molar-refractivity contribution in [3.8, 4) is 11.6 Å². The van der Waals surface area contributed by atoms with Gasteiger partial charge in [-0.15, -0.1) is 11.8 Å². The molecule has 1 aromatic carbocycles. The first kappa shape index (κ1) is 24.4. The van der Waals surface area contributed by atoms with E-state index in [4.69, 9.17) is 19.1 Å². The van der Waals surface area contributed by atoms with Gasteiger partial charge in [0.05, 0.1) is 30.8 Å². The summed E-state index contributed by atoms with van der Waals surface area (Å²) in [5.41, 5.74) is 0.507. The number of carboxylic acids is 1. The van der Waals surface area contributed by atoms with Crippen LogP contribution in [0.4, 0.5) is 5.69 Å². The van der Waals surface area contributed by atoms with Crippen LogP contribution < -0.4 is 20.1 Å². The number of nitrogens with one attached hydrogen (secondary N) is 2. The van der Waals surface area contributed by atoms with Gasteiger partial charge in [-0.3, -0.25) is 14.4 Å². The van der Waals surface area contributed by atoms with Gasteiger partial charge in [0.25, 0.3) is 11.8 Å². The van der Waals surface area contributed by atoms with E-state index in [9.17, 15) is 14.4 Å². The van der Waals surface area contributed by atoms with Crippen molar-refractivity contribution in [2.45, 2.75) is 44.0 Å². The lowest BCUT2D eigenvalue weighted by molar-refractivity contribution is -0.136. The number of nitrogens with zero attached hydrogens (tertiary/aromatic N) is 1. The van der Waals surface area contributed by atoms with Crippen LogP contribution in [0.2, 0.25) is 0 Å². The molecule has 1 aliphatic rings. The summed E-state index contributed by atoms with van der Waals surface area (Å²) >= 11 is 1.32. The quantitative estimate of drug-likeness (QED) is 0.371. The van der Waals surface area contributed by atoms with Gasteiger partial charge in [0.15, 0.2) is 0 Å². The summed E-state index contributed by atoms with van der Waals surface area (Å²) in [5.74, 6) is 0.0855. The topological polar surface area (TPSA) is 140 Å². The molecule has 0 spiro atoms. The molecule has 3 rings (SSSR count). The smallest absolute Gasteiger partial charge is 0.304 e. The van der Waals surface area contributed by atoms with Crippen LogP contribution in [-0.2, 0) is 9.59 Å². The maximum absolute atomic E-state index is 12.7.